The molecule has 3 aromatic heterocycles. The first-order valence-electron chi connectivity index (χ1n) is 31.9. The molecule has 1 fully saturated rings. The van der Waals surface area contributed by atoms with E-state index < -0.39 is 0 Å². The largest absolute Gasteiger partial charge is 3.00 e. The van der Waals surface area contributed by atoms with Gasteiger partial charge in [0.15, 0.2) is 0 Å². The molecule has 0 radical (unpaired) electrons. The van der Waals surface area contributed by atoms with Gasteiger partial charge in [0, 0.05) is 29.7 Å². The van der Waals surface area contributed by atoms with Gasteiger partial charge in [0.1, 0.15) is 0 Å². The summed E-state index contributed by atoms with van der Waals surface area (Å²) in [7, 11) is 0. The molecule has 0 amide bonds. The molecule has 8 aromatic carbocycles. The van der Waals surface area contributed by atoms with Crippen LogP contribution in [0.15, 0.2) is 219 Å². The van der Waals surface area contributed by atoms with E-state index in [9.17, 15) is 0 Å². The minimum absolute atomic E-state index is 0. The molecule has 0 saturated heterocycles. The zero-order valence-corrected chi connectivity index (χ0v) is 56.1. The van der Waals surface area contributed by atoms with E-state index in [2.05, 4.69) is 295 Å². The van der Waals surface area contributed by atoms with Crippen LogP contribution in [0.5, 0.6) is 0 Å². The van der Waals surface area contributed by atoms with Gasteiger partial charge in [-0.05, 0) is 145 Å². The van der Waals surface area contributed by atoms with Crippen LogP contribution in [0, 0.1) is 18.2 Å². The standard InChI is InChI=1S/C85H82N3.Ir/c1-12-56-49-80(87-54-78(56)58-22-16-14-17-23-58)63-36-30-61(31-37-63)76-51-69(83(3,4)5)40-42-74(76)67-46-66(73-27-21-20-26-72(73)60-28-34-65(35-29-60)82-53-71(44-45-86-82)85(9,10)11)47-68(48-67)75-43-41-70(84(6,7)8)52-77(75)62-32-38-64(39-33-62)81-50-57(13-2)79(55-88-81)59-24-18-15-19-25-59;/h14-34,36,38,40-45,49-55,66-68H,12-13,46-48H2,1-11H3;/q-3;+3. The normalized spacial score (nSPS) is 15.3. The van der Waals surface area contributed by atoms with Gasteiger partial charge in [0.05, 0.1) is 0 Å². The summed E-state index contributed by atoms with van der Waals surface area (Å²) < 4.78 is 0. The second-order valence-corrected chi connectivity index (χ2v) is 27.5. The van der Waals surface area contributed by atoms with Gasteiger partial charge in [-0.25, -0.2) is 0 Å². The molecule has 12 rings (SSSR count). The minimum atomic E-state index is -0.0528. The monoisotopic (exact) mass is 1340 g/mol. The van der Waals surface area contributed by atoms with Crippen LogP contribution < -0.4 is 0 Å². The number of nitrogens with zero attached hydrogens (tertiary/aromatic N) is 3. The zero-order chi connectivity index (χ0) is 61.3. The van der Waals surface area contributed by atoms with Crippen molar-refractivity contribution in [1.29, 1.82) is 0 Å². The van der Waals surface area contributed by atoms with E-state index in [1.807, 2.05) is 18.6 Å². The average molecular weight is 1340 g/mol. The van der Waals surface area contributed by atoms with Crippen LogP contribution >= 0.6 is 0 Å². The van der Waals surface area contributed by atoms with Crippen molar-refractivity contribution in [2.45, 2.75) is 142 Å². The van der Waals surface area contributed by atoms with Crippen LogP contribution in [0.1, 0.15) is 158 Å². The van der Waals surface area contributed by atoms with Crippen molar-refractivity contribution in [3.63, 3.8) is 0 Å². The van der Waals surface area contributed by atoms with Gasteiger partial charge < -0.3 is 15.0 Å². The van der Waals surface area contributed by atoms with Crippen molar-refractivity contribution in [2.75, 3.05) is 0 Å². The topological polar surface area (TPSA) is 38.7 Å². The SMILES string of the molecule is CCc1cc(-c2[c-]cc(-c3cc(C(C)(C)C)ccc3C3CC(c4ccccc4-c4c[c-]c(-c5cc(C(C)(C)C)ccn5)cc4)CC(c4ccc(C(C)(C)C)cc4-c4c[c-]c(-c5cc(CC)c(-c6ccccc6)cn5)cc4)C3)cc2)ncc1-c1ccccc1.[Ir+3]. The number of rotatable bonds is 13. The van der Waals surface area contributed by atoms with Gasteiger partial charge in [-0.3, -0.25) is 0 Å². The summed E-state index contributed by atoms with van der Waals surface area (Å²) in [6, 6.07) is 85.5. The molecule has 3 nitrogen and oxygen atoms in total. The summed E-state index contributed by atoms with van der Waals surface area (Å²) in [4.78, 5) is 14.9. The first kappa shape index (κ1) is 62.5. The number of hydrogen-bond donors (Lipinski definition) is 0. The minimum Gasteiger partial charge on any atom is -0.305 e. The molecular weight excluding hydrogens is 1260 g/mol. The molecule has 446 valence electrons. The molecular formula is C85H82IrN3. The summed E-state index contributed by atoms with van der Waals surface area (Å²) >= 11 is 0. The summed E-state index contributed by atoms with van der Waals surface area (Å²) in [6.45, 7) is 25.2. The van der Waals surface area contributed by atoms with Gasteiger partial charge in [0.25, 0.3) is 0 Å². The Morgan fingerprint density at radius 1 is 0.348 bits per heavy atom. The van der Waals surface area contributed by atoms with Crippen LogP contribution in [-0.2, 0) is 49.2 Å². The van der Waals surface area contributed by atoms with Gasteiger partial charge >= 0.3 is 20.1 Å². The van der Waals surface area contributed by atoms with Gasteiger partial charge in [-0.2, -0.15) is 0 Å². The molecule has 0 bridgehead atoms. The van der Waals surface area contributed by atoms with Gasteiger partial charge in [-0.15, -0.1) is 89.5 Å². The molecule has 11 aromatic rings. The summed E-state index contributed by atoms with van der Waals surface area (Å²) in [5.74, 6) is 0.710. The Bertz CT molecular complexity index is 4030. The molecule has 0 aliphatic heterocycles. The predicted molar refractivity (Wildman–Crippen MR) is 370 cm³/mol. The van der Waals surface area contributed by atoms with E-state index in [-0.39, 0.29) is 54.1 Å². The van der Waals surface area contributed by atoms with Crippen LogP contribution in [-0.4, -0.2) is 15.0 Å². The maximum Gasteiger partial charge on any atom is 3.00 e. The number of benzene rings is 8. The first-order valence-corrected chi connectivity index (χ1v) is 31.9. The summed E-state index contributed by atoms with van der Waals surface area (Å²) in [5, 5.41) is 0. The quantitative estimate of drug-likeness (QED) is 0.108. The summed E-state index contributed by atoms with van der Waals surface area (Å²) in [5.41, 5.74) is 28.5. The van der Waals surface area contributed by atoms with Crippen LogP contribution in [0.25, 0.3) is 89.4 Å². The second kappa shape index (κ2) is 26.1. The molecule has 2 unspecified atom stereocenters. The van der Waals surface area contributed by atoms with Crippen LogP contribution in [0.3, 0.4) is 0 Å². The number of hydrogen-bond acceptors (Lipinski definition) is 3. The average Bonchev–Trinajstić information content (AvgIpc) is 1.25. The fourth-order valence-electron chi connectivity index (χ4n) is 13.4. The molecule has 89 heavy (non-hydrogen) atoms. The first-order chi connectivity index (χ1) is 42.4. The van der Waals surface area contributed by atoms with E-state index in [4.69, 9.17) is 15.0 Å². The number of pyridine rings is 3. The second-order valence-electron chi connectivity index (χ2n) is 27.5. The summed E-state index contributed by atoms with van der Waals surface area (Å²) in [6.07, 6.45) is 10.9. The Morgan fingerprint density at radius 2 is 0.719 bits per heavy atom. The number of aryl methyl sites for hydroxylation is 2. The van der Waals surface area contributed by atoms with Crippen molar-refractivity contribution >= 4 is 0 Å². The third-order valence-electron chi connectivity index (χ3n) is 18.6. The molecule has 1 aliphatic rings. The van der Waals surface area contributed by atoms with E-state index in [1.54, 1.807) is 0 Å². The van der Waals surface area contributed by atoms with E-state index in [0.717, 1.165) is 65.9 Å². The van der Waals surface area contributed by atoms with Crippen molar-refractivity contribution < 1.29 is 20.1 Å². The fourth-order valence-corrected chi connectivity index (χ4v) is 13.4. The Labute approximate surface area is 544 Å². The van der Waals surface area contributed by atoms with Crippen molar-refractivity contribution in [3.05, 3.63) is 281 Å². The maximum absolute atomic E-state index is 5.05. The molecule has 0 N–H and O–H groups in total. The van der Waals surface area contributed by atoms with Crippen molar-refractivity contribution in [3.8, 4) is 89.4 Å². The fraction of sp³-hybridized carbons (Fsp3) is 0.259. The predicted octanol–water partition coefficient (Wildman–Crippen LogP) is 22.5. The Balaban J connectivity index is 0.00000817. The Hall–Kier alpha value is -8.14. The molecule has 3 heterocycles. The van der Waals surface area contributed by atoms with Gasteiger partial charge in [-0.1, -0.05) is 249 Å². The maximum atomic E-state index is 5.05. The van der Waals surface area contributed by atoms with Crippen molar-refractivity contribution in [1.82, 2.24) is 15.0 Å². The number of aromatic nitrogens is 3. The van der Waals surface area contributed by atoms with Crippen molar-refractivity contribution in [2.24, 2.45) is 0 Å². The van der Waals surface area contributed by atoms with Crippen LogP contribution in [0.4, 0.5) is 0 Å². The Morgan fingerprint density at radius 3 is 1.11 bits per heavy atom. The third kappa shape index (κ3) is 13.6. The Kier molecular flexibility index (Phi) is 18.3. The third-order valence-corrected chi connectivity index (χ3v) is 18.6. The molecule has 4 heteroatoms. The van der Waals surface area contributed by atoms with E-state index in [1.165, 1.54) is 100 Å². The molecule has 0 spiro atoms. The van der Waals surface area contributed by atoms with Crippen LogP contribution in [0.2, 0.25) is 0 Å². The van der Waals surface area contributed by atoms with E-state index in [0.29, 0.717) is 0 Å². The molecule has 1 saturated carbocycles. The van der Waals surface area contributed by atoms with E-state index >= 15 is 0 Å². The van der Waals surface area contributed by atoms with Gasteiger partial charge in [0.2, 0.25) is 0 Å². The molecule has 2 atom stereocenters. The smallest absolute Gasteiger partial charge is 0.305 e. The molecule has 1 aliphatic carbocycles. The zero-order valence-electron chi connectivity index (χ0n) is 53.7.